The number of carbonyl (C=O) groups is 1. The summed E-state index contributed by atoms with van der Waals surface area (Å²) in [6.45, 7) is 7.75. The molecule has 0 aliphatic rings. The van der Waals surface area contributed by atoms with Gasteiger partial charge in [-0.05, 0) is 25.3 Å². The van der Waals surface area contributed by atoms with Gasteiger partial charge in [0.15, 0.2) is 5.78 Å². The van der Waals surface area contributed by atoms with Crippen molar-refractivity contribution < 1.29 is 4.79 Å². The normalized spacial score (nSPS) is 17.1. The molecule has 0 aromatic rings. The van der Waals surface area contributed by atoms with E-state index < -0.39 is 0 Å². The van der Waals surface area contributed by atoms with Gasteiger partial charge in [-0.3, -0.25) is 4.79 Å². The van der Waals surface area contributed by atoms with Gasteiger partial charge < -0.3 is 5.73 Å². The second-order valence-corrected chi connectivity index (χ2v) is 3.73. The fourth-order valence-corrected chi connectivity index (χ4v) is 0.922. The molecule has 0 aliphatic heterocycles. The van der Waals surface area contributed by atoms with Gasteiger partial charge in [0.25, 0.3) is 0 Å². The first-order valence-electron chi connectivity index (χ1n) is 5.12. The summed E-state index contributed by atoms with van der Waals surface area (Å²) in [7, 11) is 0. The van der Waals surface area contributed by atoms with E-state index >= 15 is 0 Å². The van der Waals surface area contributed by atoms with Gasteiger partial charge in [-0.25, -0.2) is 0 Å². The molecule has 0 aromatic heterocycles. The third-order valence-corrected chi connectivity index (χ3v) is 2.35. The molecule has 14 heavy (non-hydrogen) atoms. The second kappa shape index (κ2) is 6.55. The predicted molar refractivity (Wildman–Crippen MR) is 61.0 cm³/mol. The molecule has 2 atom stereocenters. The maximum absolute atomic E-state index is 11.2. The van der Waals surface area contributed by atoms with Crippen LogP contribution in [0.15, 0.2) is 23.8 Å². The van der Waals surface area contributed by atoms with E-state index in [4.69, 9.17) is 5.73 Å². The van der Waals surface area contributed by atoms with E-state index in [-0.39, 0.29) is 11.8 Å². The molecule has 0 aliphatic carbocycles. The van der Waals surface area contributed by atoms with Gasteiger partial charge >= 0.3 is 0 Å². The van der Waals surface area contributed by atoms with Gasteiger partial charge in [0.2, 0.25) is 0 Å². The molecule has 1 unspecified atom stereocenters. The molecule has 80 valence electrons. The quantitative estimate of drug-likeness (QED) is 0.541. The molecule has 2 N–H and O–H groups in total. The summed E-state index contributed by atoms with van der Waals surface area (Å²) in [5.74, 6) is 0.541. The number of hydrogen-bond donors (Lipinski definition) is 1. The van der Waals surface area contributed by atoms with Crippen molar-refractivity contribution in [2.75, 3.05) is 0 Å². The van der Waals surface area contributed by atoms with E-state index in [2.05, 4.69) is 6.92 Å². The maximum atomic E-state index is 11.2. The molecule has 0 heterocycles. The second-order valence-electron chi connectivity index (χ2n) is 3.73. The van der Waals surface area contributed by atoms with Crippen LogP contribution in [-0.2, 0) is 4.79 Å². The number of carbonyl (C=O) groups excluding carboxylic acids is 1. The number of hydrogen-bond acceptors (Lipinski definition) is 2. The molecular formula is C12H21NO. The van der Waals surface area contributed by atoms with Crippen molar-refractivity contribution >= 4 is 5.78 Å². The molecule has 0 amide bonds. The first-order chi connectivity index (χ1) is 6.49. The number of Topliss-reactive ketones (excluding diaryl/α,β-unsaturated/α-hetero) is 1. The van der Waals surface area contributed by atoms with Crippen molar-refractivity contribution in [1.29, 1.82) is 0 Å². The zero-order valence-electron chi connectivity index (χ0n) is 9.58. The summed E-state index contributed by atoms with van der Waals surface area (Å²) >= 11 is 0. The zero-order valence-corrected chi connectivity index (χ0v) is 9.58. The maximum Gasteiger partial charge on any atom is 0.158 e. The Hall–Kier alpha value is -0.890. The van der Waals surface area contributed by atoms with Crippen LogP contribution in [0, 0.1) is 5.92 Å². The lowest BCUT2D eigenvalue weighted by molar-refractivity contribution is -0.115. The highest BCUT2D eigenvalue weighted by atomic mass is 16.1. The molecule has 0 saturated heterocycles. The average Bonchev–Trinajstić information content (AvgIpc) is 2.15. The Bertz CT molecular complexity index is 239. The van der Waals surface area contributed by atoms with Crippen LogP contribution in [0.2, 0.25) is 0 Å². The Labute approximate surface area is 86.9 Å². The zero-order chi connectivity index (χ0) is 11.1. The summed E-state index contributed by atoms with van der Waals surface area (Å²) in [6.07, 6.45) is 6.36. The lowest BCUT2D eigenvalue weighted by Crippen LogP contribution is -2.22. The van der Waals surface area contributed by atoms with Crippen LogP contribution in [0.4, 0.5) is 0 Å². The van der Waals surface area contributed by atoms with Crippen LogP contribution in [0.3, 0.4) is 0 Å². The first-order valence-corrected chi connectivity index (χ1v) is 5.12. The van der Waals surface area contributed by atoms with Gasteiger partial charge in [0.1, 0.15) is 0 Å². The molecular weight excluding hydrogens is 174 g/mol. The highest BCUT2D eigenvalue weighted by Gasteiger charge is 2.01. The van der Waals surface area contributed by atoms with Crippen molar-refractivity contribution in [3.8, 4) is 0 Å². The van der Waals surface area contributed by atoms with Gasteiger partial charge in [0.05, 0.1) is 0 Å². The van der Waals surface area contributed by atoms with Crippen LogP contribution in [0.5, 0.6) is 0 Å². The molecule has 0 saturated carbocycles. The molecule has 0 rings (SSSR count). The monoisotopic (exact) mass is 195 g/mol. The molecule has 2 heteroatoms. The van der Waals surface area contributed by atoms with Crippen LogP contribution >= 0.6 is 0 Å². The lowest BCUT2D eigenvalue weighted by atomic mass is 10.0. The molecule has 0 bridgehead atoms. The standard InChI is InChI=1S/C12H21NO/c1-5-12(14)10(3)8-6-7-9(2)11(4)13/h6-9,11H,5,13H2,1-4H3/b7-6?,10-8+/t9?,11-/m1/s1. The van der Waals surface area contributed by atoms with Crippen LogP contribution in [0.1, 0.15) is 34.1 Å². The largest absolute Gasteiger partial charge is 0.327 e. The Morgan fingerprint density at radius 2 is 2.00 bits per heavy atom. The van der Waals surface area contributed by atoms with E-state index in [1.54, 1.807) is 0 Å². The summed E-state index contributed by atoms with van der Waals surface area (Å²) in [5, 5.41) is 0. The minimum atomic E-state index is 0.154. The fraction of sp³-hybridized carbons (Fsp3) is 0.583. The molecule has 0 aromatic carbocycles. The smallest absolute Gasteiger partial charge is 0.158 e. The van der Waals surface area contributed by atoms with Gasteiger partial charge in [0, 0.05) is 12.5 Å². The number of ketones is 1. The Morgan fingerprint density at radius 1 is 1.43 bits per heavy atom. The topological polar surface area (TPSA) is 43.1 Å². The minimum absolute atomic E-state index is 0.154. The Balaban J connectivity index is 4.21. The van der Waals surface area contributed by atoms with Crippen LogP contribution < -0.4 is 5.73 Å². The third kappa shape index (κ3) is 4.97. The SMILES string of the molecule is CCC(=O)/C(C)=C/C=CC(C)[C@@H](C)N. The summed E-state index contributed by atoms with van der Waals surface area (Å²) in [5.41, 5.74) is 6.51. The third-order valence-electron chi connectivity index (χ3n) is 2.35. The summed E-state index contributed by atoms with van der Waals surface area (Å²) in [6, 6.07) is 0.154. The first kappa shape index (κ1) is 13.1. The number of nitrogens with two attached hydrogens (primary N) is 1. The summed E-state index contributed by atoms with van der Waals surface area (Å²) in [4.78, 5) is 11.2. The van der Waals surface area contributed by atoms with E-state index in [1.807, 2.05) is 39.0 Å². The van der Waals surface area contributed by atoms with Gasteiger partial charge in [-0.2, -0.15) is 0 Å². The van der Waals surface area contributed by atoms with E-state index in [0.717, 1.165) is 5.57 Å². The lowest BCUT2D eigenvalue weighted by Gasteiger charge is -2.08. The van der Waals surface area contributed by atoms with Gasteiger partial charge in [-0.1, -0.05) is 32.1 Å². The molecule has 2 nitrogen and oxygen atoms in total. The van der Waals surface area contributed by atoms with E-state index in [9.17, 15) is 4.79 Å². The van der Waals surface area contributed by atoms with Crippen molar-refractivity contribution in [3.05, 3.63) is 23.8 Å². The predicted octanol–water partition coefficient (Wildman–Crippen LogP) is 2.45. The molecule has 0 fully saturated rings. The highest BCUT2D eigenvalue weighted by molar-refractivity contribution is 5.94. The Kier molecular flexibility index (Phi) is 6.13. The van der Waals surface area contributed by atoms with E-state index in [0.29, 0.717) is 12.3 Å². The van der Waals surface area contributed by atoms with Gasteiger partial charge in [-0.15, -0.1) is 0 Å². The van der Waals surface area contributed by atoms with E-state index in [1.165, 1.54) is 0 Å². The Morgan fingerprint density at radius 3 is 2.43 bits per heavy atom. The van der Waals surface area contributed by atoms with Crippen LogP contribution in [0.25, 0.3) is 0 Å². The number of allylic oxidation sites excluding steroid dienone is 3. The molecule has 0 spiro atoms. The molecule has 0 radical (unpaired) electrons. The highest BCUT2D eigenvalue weighted by Crippen LogP contribution is 2.03. The average molecular weight is 195 g/mol. The summed E-state index contributed by atoms with van der Waals surface area (Å²) < 4.78 is 0. The fourth-order valence-electron chi connectivity index (χ4n) is 0.922. The van der Waals surface area contributed by atoms with Crippen molar-refractivity contribution in [3.63, 3.8) is 0 Å². The minimum Gasteiger partial charge on any atom is -0.327 e. The number of rotatable bonds is 5. The van der Waals surface area contributed by atoms with Crippen molar-refractivity contribution in [1.82, 2.24) is 0 Å². The van der Waals surface area contributed by atoms with Crippen LogP contribution in [-0.4, -0.2) is 11.8 Å². The van der Waals surface area contributed by atoms with Crippen molar-refractivity contribution in [2.24, 2.45) is 11.7 Å². The van der Waals surface area contributed by atoms with Crippen molar-refractivity contribution in [2.45, 2.75) is 40.2 Å².